The molecule has 0 unspecified atom stereocenters. The van der Waals surface area contributed by atoms with Crippen LogP contribution in [0.5, 0.6) is 0 Å². The van der Waals surface area contributed by atoms with E-state index >= 15 is 0 Å². The van der Waals surface area contributed by atoms with E-state index in [0.29, 0.717) is 12.5 Å². The van der Waals surface area contributed by atoms with Gasteiger partial charge in [-0.1, -0.05) is 0 Å². The fourth-order valence-corrected chi connectivity index (χ4v) is 2.27. The molecule has 0 atom stereocenters. The number of halogens is 1. The van der Waals surface area contributed by atoms with Gasteiger partial charge in [-0.2, -0.15) is 5.10 Å². The highest BCUT2D eigenvalue weighted by Crippen LogP contribution is 2.43. The molecule has 0 amide bonds. The zero-order valence-electron chi connectivity index (χ0n) is 7.74. The maximum atomic E-state index is 10.5. The minimum absolute atomic E-state index is 0.0691. The molecule has 1 saturated carbocycles. The van der Waals surface area contributed by atoms with Crippen LogP contribution in [-0.4, -0.2) is 21.5 Å². The summed E-state index contributed by atoms with van der Waals surface area (Å²) in [6.45, 7) is 0.0622. The van der Waals surface area contributed by atoms with E-state index in [4.69, 9.17) is 5.11 Å². The van der Waals surface area contributed by atoms with Crippen molar-refractivity contribution in [2.24, 2.45) is 0 Å². The quantitative estimate of drug-likeness (QED) is 0.851. The van der Waals surface area contributed by atoms with E-state index in [1.807, 2.05) is 0 Å². The Hall–Kier alpha value is -0.390. The number of aliphatic hydroxyl groups excluding tert-OH is 1. The molecule has 1 aliphatic rings. The summed E-state index contributed by atoms with van der Waals surface area (Å²) in [5.41, 5.74) is 1.73. The average Bonchev–Trinajstić information content (AvgIpc) is 2.94. The molecule has 1 heterocycles. The number of hydrogen-bond donors (Lipinski definition) is 1. The van der Waals surface area contributed by atoms with E-state index in [1.54, 1.807) is 4.68 Å². The van der Waals surface area contributed by atoms with Crippen molar-refractivity contribution < 1.29 is 10.2 Å². The number of hydrogen-bond acceptors (Lipinski definition) is 3. The minimum atomic E-state index is -0.203. The Kier molecular flexibility index (Phi) is 2.90. The van der Waals surface area contributed by atoms with Gasteiger partial charge >= 0.3 is 0 Å². The number of aromatic nitrogens is 2. The molecule has 4 nitrogen and oxygen atoms in total. The molecule has 1 aromatic rings. The number of rotatable bonds is 4. The molecular weight excluding hydrogens is 248 g/mol. The largest absolute Gasteiger partial charge is 0.853 e. The summed E-state index contributed by atoms with van der Waals surface area (Å²) < 4.78 is 2.50. The minimum Gasteiger partial charge on any atom is -0.853 e. The SMILES string of the molecule is [O-]CCn1nc(C2CC2)c(Br)c1CO. The molecule has 0 saturated heterocycles. The zero-order valence-corrected chi connectivity index (χ0v) is 9.33. The van der Waals surface area contributed by atoms with Crippen LogP contribution in [0.1, 0.15) is 30.1 Å². The first kappa shape index (κ1) is 10.1. The lowest BCUT2D eigenvalue weighted by Crippen LogP contribution is -2.16. The molecule has 78 valence electrons. The monoisotopic (exact) mass is 259 g/mol. The number of nitrogens with zero attached hydrogens (tertiary/aromatic N) is 2. The zero-order chi connectivity index (χ0) is 10.1. The fraction of sp³-hybridized carbons (Fsp3) is 0.667. The maximum Gasteiger partial charge on any atom is 0.0861 e. The van der Waals surface area contributed by atoms with Crippen LogP contribution in [0.3, 0.4) is 0 Å². The van der Waals surface area contributed by atoms with Crippen LogP contribution in [0.4, 0.5) is 0 Å². The first-order chi connectivity index (χ1) is 6.77. The van der Waals surface area contributed by atoms with Crippen LogP contribution >= 0.6 is 15.9 Å². The molecule has 1 N–H and O–H groups in total. The molecule has 2 rings (SSSR count). The second-order valence-corrected chi connectivity index (χ2v) is 4.30. The molecule has 1 aliphatic carbocycles. The van der Waals surface area contributed by atoms with Crippen LogP contribution in [0.25, 0.3) is 0 Å². The van der Waals surface area contributed by atoms with Gasteiger partial charge in [-0.3, -0.25) is 4.68 Å². The third-order valence-electron chi connectivity index (χ3n) is 2.44. The molecule has 14 heavy (non-hydrogen) atoms. The second kappa shape index (κ2) is 4.00. The van der Waals surface area contributed by atoms with Crippen molar-refractivity contribution in [3.05, 3.63) is 15.9 Å². The lowest BCUT2D eigenvalue weighted by molar-refractivity contribution is -0.370. The van der Waals surface area contributed by atoms with Gasteiger partial charge in [-0.05, 0) is 28.8 Å². The average molecular weight is 260 g/mol. The van der Waals surface area contributed by atoms with E-state index < -0.39 is 0 Å². The Bertz CT molecular complexity index is 334. The smallest absolute Gasteiger partial charge is 0.0861 e. The molecule has 5 heteroatoms. The highest BCUT2D eigenvalue weighted by atomic mass is 79.9. The van der Waals surface area contributed by atoms with Crippen LogP contribution in [0.15, 0.2) is 4.47 Å². The Balaban J connectivity index is 2.33. The summed E-state index contributed by atoms with van der Waals surface area (Å²) >= 11 is 3.43. The standard InChI is InChI=1S/C9H12BrN2O2/c10-8-7(5-14)12(3-4-13)11-9(8)6-1-2-6/h6,14H,1-5H2/q-1. The molecular formula is C9H12BrN2O2-. The second-order valence-electron chi connectivity index (χ2n) is 3.51. The Morgan fingerprint density at radius 1 is 1.57 bits per heavy atom. The van der Waals surface area contributed by atoms with Crippen LogP contribution in [0.2, 0.25) is 0 Å². The summed E-state index contributed by atoms with van der Waals surface area (Å²) in [4.78, 5) is 0. The van der Waals surface area contributed by atoms with Crippen molar-refractivity contribution in [3.63, 3.8) is 0 Å². The van der Waals surface area contributed by atoms with Crippen molar-refractivity contribution in [1.29, 1.82) is 0 Å². The summed E-state index contributed by atoms with van der Waals surface area (Å²) in [6.07, 6.45) is 2.33. The predicted octanol–water partition coefficient (Wildman–Crippen LogP) is 0.376. The van der Waals surface area contributed by atoms with E-state index in [2.05, 4.69) is 21.0 Å². The van der Waals surface area contributed by atoms with E-state index in [-0.39, 0.29) is 13.2 Å². The fourth-order valence-electron chi connectivity index (χ4n) is 1.54. The number of aliphatic hydroxyl groups is 1. The summed E-state index contributed by atoms with van der Waals surface area (Å²) in [7, 11) is 0. The van der Waals surface area contributed by atoms with Crippen LogP contribution in [-0.2, 0) is 13.2 Å². The van der Waals surface area contributed by atoms with E-state index in [1.165, 1.54) is 0 Å². The van der Waals surface area contributed by atoms with E-state index in [0.717, 1.165) is 28.7 Å². The van der Waals surface area contributed by atoms with Gasteiger partial charge in [0.25, 0.3) is 0 Å². The molecule has 1 fully saturated rings. The van der Waals surface area contributed by atoms with Gasteiger partial charge in [-0.25, -0.2) is 0 Å². The highest BCUT2D eigenvalue weighted by Gasteiger charge is 2.30. The Morgan fingerprint density at radius 2 is 2.29 bits per heavy atom. The summed E-state index contributed by atoms with van der Waals surface area (Å²) in [5, 5.41) is 24.0. The summed E-state index contributed by atoms with van der Waals surface area (Å²) in [5.74, 6) is 0.530. The molecule has 0 aromatic carbocycles. The van der Waals surface area contributed by atoms with Crippen molar-refractivity contribution in [3.8, 4) is 0 Å². The van der Waals surface area contributed by atoms with Gasteiger partial charge < -0.3 is 10.2 Å². The first-order valence-corrected chi connectivity index (χ1v) is 5.51. The molecule has 1 aromatic heterocycles. The van der Waals surface area contributed by atoms with E-state index in [9.17, 15) is 5.11 Å². The van der Waals surface area contributed by atoms with Crippen molar-refractivity contribution in [2.45, 2.75) is 31.9 Å². The van der Waals surface area contributed by atoms with Gasteiger partial charge in [0, 0.05) is 12.5 Å². The predicted molar refractivity (Wildman–Crippen MR) is 52.7 cm³/mol. The van der Waals surface area contributed by atoms with Gasteiger partial charge in [0.2, 0.25) is 0 Å². The first-order valence-electron chi connectivity index (χ1n) is 4.72. The van der Waals surface area contributed by atoms with Gasteiger partial charge in [0.15, 0.2) is 0 Å². The molecule has 0 aliphatic heterocycles. The molecule has 0 spiro atoms. The molecule has 0 bridgehead atoms. The summed E-state index contributed by atoms with van der Waals surface area (Å²) in [6, 6.07) is 0. The third-order valence-corrected chi connectivity index (χ3v) is 3.30. The molecule has 0 radical (unpaired) electrons. The lowest BCUT2D eigenvalue weighted by atomic mass is 10.3. The Morgan fingerprint density at radius 3 is 2.79 bits per heavy atom. The van der Waals surface area contributed by atoms with Crippen molar-refractivity contribution in [2.75, 3.05) is 6.61 Å². The van der Waals surface area contributed by atoms with Gasteiger partial charge in [0.1, 0.15) is 0 Å². The lowest BCUT2D eigenvalue weighted by Gasteiger charge is -2.07. The van der Waals surface area contributed by atoms with Crippen molar-refractivity contribution >= 4 is 15.9 Å². The van der Waals surface area contributed by atoms with Crippen LogP contribution < -0.4 is 5.11 Å². The van der Waals surface area contributed by atoms with Crippen LogP contribution in [0, 0.1) is 0 Å². The Labute approximate surface area is 90.7 Å². The van der Waals surface area contributed by atoms with Gasteiger partial charge in [-0.15, -0.1) is 6.61 Å². The highest BCUT2D eigenvalue weighted by molar-refractivity contribution is 9.10. The van der Waals surface area contributed by atoms with Gasteiger partial charge in [0.05, 0.1) is 22.5 Å². The third kappa shape index (κ3) is 1.71. The maximum absolute atomic E-state index is 10.5. The topological polar surface area (TPSA) is 61.1 Å². The normalized spacial score (nSPS) is 16.2. The van der Waals surface area contributed by atoms with Crippen molar-refractivity contribution in [1.82, 2.24) is 9.78 Å².